The second-order valence-electron chi connectivity index (χ2n) is 7.62. The molecule has 0 fully saturated rings. The zero-order chi connectivity index (χ0) is 24.2. The SMILES string of the molecule is C=CN(/C=C\C)c1cc(C)nc2c(OCc3c(Cl)cncc3Sc3nc(C)c(C)s3)cccc12. The molecule has 0 saturated heterocycles. The fraction of sp³-hybridized carbons (Fsp3) is 0.192. The molecule has 8 heteroatoms. The first-order valence-corrected chi connectivity index (χ1v) is 12.7. The number of fused-ring (bicyclic) bond motifs is 1. The van der Waals surface area contributed by atoms with Crippen LogP contribution >= 0.6 is 34.7 Å². The standard InChI is InChI=1S/C26H25ClN4OS2/c1-6-11-31(7-2)22-12-16(3)29-25-19(22)9-8-10-23(25)32-15-20-21(27)13-28-14-24(20)34-26-30-17(4)18(5)33-26/h6-14H,2,15H2,1,3-5H3/b11-6-. The molecule has 5 nitrogen and oxygen atoms in total. The Morgan fingerprint density at radius 3 is 2.74 bits per heavy atom. The van der Waals surface area contributed by atoms with Gasteiger partial charge in [-0.05, 0) is 39.8 Å². The molecule has 0 spiro atoms. The van der Waals surface area contributed by atoms with Crippen molar-refractivity contribution in [2.75, 3.05) is 4.90 Å². The van der Waals surface area contributed by atoms with Gasteiger partial charge in [-0.3, -0.25) is 4.98 Å². The number of aromatic nitrogens is 3. The molecular weight excluding hydrogens is 484 g/mol. The van der Waals surface area contributed by atoms with E-state index in [0.29, 0.717) is 10.8 Å². The molecule has 4 rings (SSSR count). The van der Waals surface area contributed by atoms with E-state index in [-0.39, 0.29) is 6.61 Å². The molecule has 0 aliphatic rings. The van der Waals surface area contributed by atoms with Crippen molar-refractivity contribution >= 4 is 51.3 Å². The van der Waals surface area contributed by atoms with Gasteiger partial charge in [-0.1, -0.05) is 48.2 Å². The summed E-state index contributed by atoms with van der Waals surface area (Å²) in [6.45, 7) is 12.3. The maximum atomic E-state index is 6.55. The van der Waals surface area contributed by atoms with Crippen molar-refractivity contribution in [3.05, 3.63) is 88.6 Å². The zero-order valence-electron chi connectivity index (χ0n) is 19.5. The topological polar surface area (TPSA) is 51.1 Å². The number of ether oxygens (including phenoxy) is 1. The second-order valence-corrected chi connectivity index (χ2v) is 10.5. The number of anilines is 1. The van der Waals surface area contributed by atoms with Gasteiger partial charge < -0.3 is 9.64 Å². The highest BCUT2D eigenvalue weighted by Gasteiger charge is 2.16. The zero-order valence-corrected chi connectivity index (χ0v) is 21.9. The third-order valence-electron chi connectivity index (χ3n) is 5.24. The minimum Gasteiger partial charge on any atom is -0.487 e. The summed E-state index contributed by atoms with van der Waals surface area (Å²) in [6, 6.07) is 7.99. The minimum atomic E-state index is 0.289. The third-order valence-corrected chi connectivity index (χ3v) is 7.77. The average Bonchev–Trinajstić information content (AvgIpc) is 3.13. The van der Waals surface area contributed by atoms with Crippen molar-refractivity contribution in [1.29, 1.82) is 0 Å². The summed E-state index contributed by atoms with van der Waals surface area (Å²) >= 11 is 9.77. The molecule has 0 amide bonds. The lowest BCUT2D eigenvalue weighted by Gasteiger charge is -2.19. The van der Waals surface area contributed by atoms with E-state index < -0.39 is 0 Å². The van der Waals surface area contributed by atoms with Crippen LogP contribution in [0.4, 0.5) is 5.69 Å². The van der Waals surface area contributed by atoms with E-state index in [2.05, 4.69) is 23.5 Å². The highest BCUT2D eigenvalue weighted by molar-refractivity contribution is 8.01. The average molecular weight is 509 g/mol. The predicted octanol–water partition coefficient (Wildman–Crippen LogP) is 7.88. The maximum absolute atomic E-state index is 6.55. The Morgan fingerprint density at radius 1 is 1.21 bits per heavy atom. The molecule has 0 unspecified atom stereocenters. The van der Waals surface area contributed by atoms with Gasteiger partial charge in [0.15, 0.2) is 4.34 Å². The van der Waals surface area contributed by atoms with Crippen molar-refractivity contribution in [3.8, 4) is 5.75 Å². The Bertz CT molecular complexity index is 1360. The van der Waals surface area contributed by atoms with Crippen LogP contribution in [0.5, 0.6) is 5.75 Å². The Balaban J connectivity index is 1.68. The number of pyridine rings is 2. The summed E-state index contributed by atoms with van der Waals surface area (Å²) in [5.41, 5.74) is 4.59. The molecule has 3 heterocycles. The largest absolute Gasteiger partial charge is 0.487 e. The molecule has 4 aromatic rings. The summed E-state index contributed by atoms with van der Waals surface area (Å²) in [4.78, 5) is 17.8. The van der Waals surface area contributed by atoms with Crippen LogP contribution in [-0.4, -0.2) is 15.0 Å². The molecule has 174 valence electrons. The molecule has 0 N–H and O–H groups in total. The third kappa shape index (κ3) is 5.12. The van der Waals surface area contributed by atoms with Gasteiger partial charge in [-0.25, -0.2) is 9.97 Å². The highest BCUT2D eigenvalue weighted by atomic mass is 35.5. The number of benzene rings is 1. The van der Waals surface area contributed by atoms with Crippen LogP contribution in [0.25, 0.3) is 10.9 Å². The van der Waals surface area contributed by atoms with Gasteiger partial charge in [-0.2, -0.15) is 0 Å². The summed E-state index contributed by atoms with van der Waals surface area (Å²) < 4.78 is 7.27. The predicted molar refractivity (Wildman–Crippen MR) is 143 cm³/mol. The number of nitrogens with zero attached hydrogens (tertiary/aromatic N) is 4. The van der Waals surface area contributed by atoms with Crippen molar-refractivity contribution < 1.29 is 4.74 Å². The van der Waals surface area contributed by atoms with E-state index >= 15 is 0 Å². The monoisotopic (exact) mass is 508 g/mol. The number of para-hydroxylation sites is 1. The number of hydrogen-bond donors (Lipinski definition) is 0. The number of aryl methyl sites for hydroxylation is 3. The van der Waals surface area contributed by atoms with E-state index in [1.807, 2.05) is 68.4 Å². The maximum Gasteiger partial charge on any atom is 0.155 e. The molecular formula is C26H25ClN4OS2. The molecule has 3 aromatic heterocycles. The quantitative estimate of drug-likeness (QED) is 0.241. The Hall–Kier alpha value is -2.87. The van der Waals surface area contributed by atoms with Gasteiger partial charge in [0.25, 0.3) is 0 Å². The number of halogens is 1. The van der Waals surface area contributed by atoms with Crippen LogP contribution in [0.1, 0.15) is 28.8 Å². The van der Waals surface area contributed by atoms with Crippen LogP contribution in [0.3, 0.4) is 0 Å². The summed E-state index contributed by atoms with van der Waals surface area (Å²) in [6.07, 6.45) is 9.18. The summed E-state index contributed by atoms with van der Waals surface area (Å²) in [5.74, 6) is 0.691. The van der Waals surface area contributed by atoms with Gasteiger partial charge in [0.05, 0.1) is 16.4 Å². The number of allylic oxidation sites excluding steroid dienone is 1. The lowest BCUT2D eigenvalue weighted by atomic mass is 10.1. The normalized spacial score (nSPS) is 11.3. The van der Waals surface area contributed by atoms with Crippen LogP contribution in [0, 0.1) is 20.8 Å². The van der Waals surface area contributed by atoms with Gasteiger partial charge in [0, 0.05) is 51.2 Å². The number of rotatable bonds is 8. The molecule has 34 heavy (non-hydrogen) atoms. The van der Waals surface area contributed by atoms with Crippen LogP contribution in [-0.2, 0) is 6.61 Å². The van der Waals surface area contributed by atoms with Crippen LogP contribution in [0.2, 0.25) is 5.02 Å². The summed E-state index contributed by atoms with van der Waals surface area (Å²) in [7, 11) is 0. The van der Waals surface area contributed by atoms with Crippen molar-refractivity contribution in [2.24, 2.45) is 0 Å². The first-order valence-electron chi connectivity index (χ1n) is 10.7. The van der Waals surface area contributed by atoms with Gasteiger partial charge in [0.2, 0.25) is 0 Å². The van der Waals surface area contributed by atoms with E-state index in [0.717, 1.165) is 42.8 Å². The van der Waals surface area contributed by atoms with Crippen molar-refractivity contribution in [2.45, 2.75) is 43.5 Å². The number of thiazole rings is 1. The molecule has 0 bridgehead atoms. The van der Waals surface area contributed by atoms with E-state index in [1.165, 1.54) is 4.88 Å². The lowest BCUT2D eigenvalue weighted by Crippen LogP contribution is -2.08. The Kier molecular flexibility index (Phi) is 7.56. The molecule has 0 radical (unpaired) electrons. The Labute approximate surface area is 213 Å². The van der Waals surface area contributed by atoms with Crippen LogP contribution in [0.15, 0.2) is 70.9 Å². The molecule has 0 atom stereocenters. The van der Waals surface area contributed by atoms with Gasteiger partial charge >= 0.3 is 0 Å². The summed E-state index contributed by atoms with van der Waals surface area (Å²) in [5, 5.41) is 1.54. The van der Waals surface area contributed by atoms with Crippen molar-refractivity contribution in [3.63, 3.8) is 0 Å². The smallest absolute Gasteiger partial charge is 0.155 e. The Morgan fingerprint density at radius 2 is 2.03 bits per heavy atom. The highest BCUT2D eigenvalue weighted by Crippen LogP contribution is 2.38. The van der Waals surface area contributed by atoms with Gasteiger partial charge in [0.1, 0.15) is 17.9 Å². The molecule has 1 aromatic carbocycles. The first kappa shape index (κ1) is 24.3. The van der Waals surface area contributed by atoms with E-state index in [9.17, 15) is 0 Å². The van der Waals surface area contributed by atoms with Crippen molar-refractivity contribution in [1.82, 2.24) is 15.0 Å². The molecule has 0 saturated carbocycles. The van der Waals surface area contributed by atoms with Gasteiger partial charge in [-0.15, -0.1) is 11.3 Å². The fourth-order valence-corrected chi connectivity index (χ4v) is 5.96. The first-order chi connectivity index (χ1) is 16.4. The lowest BCUT2D eigenvalue weighted by molar-refractivity contribution is 0.306. The number of hydrogen-bond acceptors (Lipinski definition) is 7. The minimum absolute atomic E-state index is 0.289. The van der Waals surface area contributed by atoms with Crippen LogP contribution < -0.4 is 9.64 Å². The molecule has 0 aliphatic carbocycles. The fourth-order valence-electron chi connectivity index (χ4n) is 3.46. The van der Waals surface area contributed by atoms with E-state index in [4.69, 9.17) is 21.3 Å². The second kappa shape index (κ2) is 10.6. The van der Waals surface area contributed by atoms with E-state index in [1.54, 1.807) is 35.5 Å². The molecule has 0 aliphatic heterocycles.